The van der Waals surface area contributed by atoms with Crippen LogP contribution in [0.25, 0.3) is 0 Å². The molecule has 0 amide bonds. The fourth-order valence-electron chi connectivity index (χ4n) is 1.65. The minimum atomic E-state index is -1.55. The van der Waals surface area contributed by atoms with Crippen molar-refractivity contribution in [1.82, 2.24) is 0 Å². The van der Waals surface area contributed by atoms with E-state index in [1.54, 1.807) is 0 Å². The first-order chi connectivity index (χ1) is 8.93. The van der Waals surface area contributed by atoms with Crippen molar-refractivity contribution >= 4 is 5.97 Å². The van der Waals surface area contributed by atoms with Crippen molar-refractivity contribution in [3.8, 4) is 0 Å². The van der Waals surface area contributed by atoms with Gasteiger partial charge in [-0.25, -0.2) is 0 Å². The van der Waals surface area contributed by atoms with Crippen molar-refractivity contribution < 1.29 is 30.0 Å². The van der Waals surface area contributed by atoms with Crippen LogP contribution in [0.5, 0.6) is 0 Å². The Hall–Kier alpha value is -0.690. The molecular formula is C13H26O6. The maximum absolute atomic E-state index is 11.5. The third-order valence-corrected chi connectivity index (χ3v) is 2.96. The minimum absolute atomic E-state index is 0.274. The van der Waals surface area contributed by atoms with Crippen LogP contribution in [-0.4, -0.2) is 57.4 Å². The zero-order valence-corrected chi connectivity index (χ0v) is 11.7. The van der Waals surface area contributed by atoms with E-state index in [2.05, 4.69) is 6.92 Å². The van der Waals surface area contributed by atoms with Gasteiger partial charge in [0, 0.05) is 6.42 Å². The number of carbonyl (C=O) groups excluding carboxylic acids is 1. The maximum Gasteiger partial charge on any atom is 0.306 e. The summed E-state index contributed by atoms with van der Waals surface area (Å²) >= 11 is 0. The Kier molecular flexibility index (Phi) is 9.77. The predicted octanol–water partition coefficient (Wildman–Crippen LogP) is -0.0365. The molecule has 0 fully saturated rings. The highest BCUT2D eigenvalue weighted by molar-refractivity contribution is 5.69. The smallest absolute Gasteiger partial charge is 0.306 e. The second kappa shape index (κ2) is 10.1. The summed E-state index contributed by atoms with van der Waals surface area (Å²) in [7, 11) is 0. The SMILES string of the molecule is CCCCCCC(=O)O[C@@H](C)[C@@H](O)[C@H](O)[C@H](O)CO. The number of hydrogen-bond donors (Lipinski definition) is 4. The summed E-state index contributed by atoms with van der Waals surface area (Å²) in [5, 5.41) is 36.9. The van der Waals surface area contributed by atoms with Crippen LogP contribution in [0.4, 0.5) is 0 Å². The first-order valence-electron chi connectivity index (χ1n) is 6.78. The highest BCUT2D eigenvalue weighted by Gasteiger charge is 2.30. The zero-order chi connectivity index (χ0) is 14.8. The molecule has 6 heteroatoms. The molecule has 0 bridgehead atoms. The third kappa shape index (κ3) is 7.47. The summed E-state index contributed by atoms with van der Waals surface area (Å²) in [5.41, 5.74) is 0. The Morgan fingerprint density at radius 1 is 1.11 bits per heavy atom. The van der Waals surface area contributed by atoms with Crippen molar-refractivity contribution in [3.05, 3.63) is 0 Å². The average molecular weight is 278 g/mol. The lowest BCUT2D eigenvalue weighted by Crippen LogP contribution is -2.46. The van der Waals surface area contributed by atoms with Gasteiger partial charge in [-0.05, 0) is 13.3 Å². The van der Waals surface area contributed by atoms with E-state index in [-0.39, 0.29) is 6.42 Å². The van der Waals surface area contributed by atoms with E-state index < -0.39 is 37.0 Å². The van der Waals surface area contributed by atoms with Crippen molar-refractivity contribution in [2.75, 3.05) is 6.61 Å². The second-order valence-corrected chi connectivity index (χ2v) is 4.74. The van der Waals surface area contributed by atoms with Crippen LogP contribution >= 0.6 is 0 Å². The zero-order valence-electron chi connectivity index (χ0n) is 11.7. The molecule has 0 unspecified atom stereocenters. The molecule has 4 atom stereocenters. The summed E-state index contributed by atoms with van der Waals surface area (Å²) in [6, 6.07) is 0. The van der Waals surface area contributed by atoms with E-state index in [0.717, 1.165) is 25.7 Å². The molecule has 19 heavy (non-hydrogen) atoms. The molecule has 0 rings (SSSR count). The van der Waals surface area contributed by atoms with Gasteiger partial charge in [-0.15, -0.1) is 0 Å². The van der Waals surface area contributed by atoms with Gasteiger partial charge in [-0.1, -0.05) is 26.2 Å². The second-order valence-electron chi connectivity index (χ2n) is 4.74. The van der Waals surface area contributed by atoms with Crippen LogP contribution < -0.4 is 0 Å². The normalized spacial score (nSPS) is 17.6. The highest BCUT2D eigenvalue weighted by atomic mass is 16.6. The number of ether oxygens (including phenoxy) is 1. The number of esters is 1. The molecule has 0 aliphatic rings. The van der Waals surface area contributed by atoms with Gasteiger partial charge in [0.1, 0.15) is 24.4 Å². The quantitative estimate of drug-likeness (QED) is 0.330. The molecule has 0 aromatic carbocycles. The van der Waals surface area contributed by atoms with E-state index in [9.17, 15) is 20.1 Å². The molecule has 114 valence electrons. The molecule has 4 N–H and O–H groups in total. The number of unbranched alkanes of at least 4 members (excludes halogenated alkanes) is 3. The highest BCUT2D eigenvalue weighted by Crippen LogP contribution is 2.10. The van der Waals surface area contributed by atoms with Gasteiger partial charge in [-0.3, -0.25) is 4.79 Å². The lowest BCUT2D eigenvalue weighted by Gasteiger charge is -2.26. The van der Waals surface area contributed by atoms with Gasteiger partial charge in [0.25, 0.3) is 0 Å². The fourth-order valence-corrected chi connectivity index (χ4v) is 1.65. The van der Waals surface area contributed by atoms with Crippen LogP contribution in [0.2, 0.25) is 0 Å². The Morgan fingerprint density at radius 3 is 2.26 bits per heavy atom. The average Bonchev–Trinajstić information content (AvgIpc) is 2.40. The van der Waals surface area contributed by atoms with Crippen molar-refractivity contribution in [1.29, 1.82) is 0 Å². The Bertz CT molecular complexity index is 245. The van der Waals surface area contributed by atoms with Crippen LogP contribution in [0.1, 0.15) is 46.0 Å². The van der Waals surface area contributed by atoms with E-state index in [1.165, 1.54) is 6.92 Å². The summed E-state index contributed by atoms with van der Waals surface area (Å²) in [5.74, 6) is -0.437. The van der Waals surface area contributed by atoms with E-state index in [0.29, 0.717) is 0 Å². The lowest BCUT2D eigenvalue weighted by atomic mass is 10.0. The minimum Gasteiger partial charge on any atom is -0.460 e. The monoisotopic (exact) mass is 278 g/mol. The van der Waals surface area contributed by atoms with Crippen LogP contribution in [0, 0.1) is 0 Å². The molecule has 0 aliphatic heterocycles. The molecule has 0 saturated carbocycles. The summed E-state index contributed by atoms with van der Waals surface area (Å²) in [4.78, 5) is 11.5. The van der Waals surface area contributed by atoms with Gasteiger partial charge in [-0.2, -0.15) is 0 Å². The number of aliphatic hydroxyl groups excluding tert-OH is 4. The van der Waals surface area contributed by atoms with Crippen LogP contribution in [0.3, 0.4) is 0 Å². The van der Waals surface area contributed by atoms with Gasteiger partial charge in [0.2, 0.25) is 0 Å². The molecule has 0 radical (unpaired) electrons. The van der Waals surface area contributed by atoms with Crippen LogP contribution in [-0.2, 0) is 9.53 Å². The van der Waals surface area contributed by atoms with Gasteiger partial charge in [0.15, 0.2) is 0 Å². The molecule has 6 nitrogen and oxygen atoms in total. The molecule has 0 saturated heterocycles. The molecule has 0 spiro atoms. The Labute approximate surface area is 114 Å². The number of aliphatic hydroxyl groups is 4. The lowest BCUT2D eigenvalue weighted by molar-refractivity contribution is -0.164. The molecule has 0 heterocycles. The third-order valence-electron chi connectivity index (χ3n) is 2.96. The summed E-state index contributed by atoms with van der Waals surface area (Å²) in [6.45, 7) is 2.84. The van der Waals surface area contributed by atoms with Crippen molar-refractivity contribution in [2.45, 2.75) is 70.4 Å². The Balaban J connectivity index is 4.00. The molecule has 0 aliphatic carbocycles. The number of hydrogen-bond acceptors (Lipinski definition) is 6. The topological polar surface area (TPSA) is 107 Å². The van der Waals surface area contributed by atoms with Crippen molar-refractivity contribution in [3.63, 3.8) is 0 Å². The number of carbonyl (C=O) groups is 1. The van der Waals surface area contributed by atoms with Gasteiger partial charge in [0.05, 0.1) is 6.61 Å². The summed E-state index contributed by atoms with van der Waals surface area (Å²) in [6.07, 6.45) is -1.27. The fraction of sp³-hybridized carbons (Fsp3) is 0.923. The first-order valence-corrected chi connectivity index (χ1v) is 6.78. The molecule has 0 aromatic heterocycles. The standard InChI is InChI=1S/C13H26O6/c1-3-4-5-6-7-11(16)19-9(2)12(17)13(18)10(15)8-14/h9-10,12-15,17-18H,3-8H2,1-2H3/t9-,10+,12+,13+/m0/s1. The summed E-state index contributed by atoms with van der Waals surface area (Å²) < 4.78 is 4.97. The molecule has 0 aromatic rings. The first kappa shape index (κ1) is 18.3. The number of rotatable bonds is 10. The van der Waals surface area contributed by atoms with E-state index in [1.807, 2.05) is 0 Å². The van der Waals surface area contributed by atoms with Gasteiger partial charge < -0.3 is 25.2 Å². The maximum atomic E-state index is 11.5. The predicted molar refractivity (Wildman–Crippen MR) is 69.4 cm³/mol. The van der Waals surface area contributed by atoms with E-state index >= 15 is 0 Å². The Morgan fingerprint density at radius 2 is 1.74 bits per heavy atom. The van der Waals surface area contributed by atoms with E-state index in [4.69, 9.17) is 9.84 Å². The van der Waals surface area contributed by atoms with Crippen LogP contribution in [0.15, 0.2) is 0 Å². The largest absolute Gasteiger partial charge is 0.460 e. The van der Waals surface area contributed by atoms with Crippen molar-refractivity contribution in [2.24, 2.45) is 0 Å². The molecular weight excluding hydrogens is 252 g/mol. The van der Waals surface area contributed by atoms with Gasteiger partial charge >= 0.3 is 5.97 Å².